The quantitative estimate of drug-likeness (QED) is 0.725. The molecule has 0 aliphatic heterocycles. The van der Waals surface area contributed by atoms with Crippen LogP contribution >= 0.6 is 11.6 Å². The van der Waals surface area contributed by atoms with E-state index in [0.29, 0.717) is 11.0 Å². The van der Waals surface area contributed by atoms with E-state index in [9.17, 15) is 0 Å². The van der Waals surface area contributed by atoms with Crippen molar-refractivity contribution in [1.82, 2.24) is 15.3 Å². The van der Waals surface area contributed by atoms with Crippen LogP contribution in [0.5, 0.6) is 0 Å². The van der Waals surface area contributed by atoms with Crippen molar-refractivity contribution in [2.75, 3.05) is 18.4 Å². The lowest BCUT2D eigenvalue weighted by molar-refractivity contribution is 0.658. The summed E-state index contributed by atoms with van der Waals surface area (Å²) >= 11 is 5.67. The van der Waals surface area contributed by atoms with Gasteiger partial charge in [0.15, 0.2) is 0 Å². The summed E-state index contributed by atoms with van der Waals surface area (Å²) in [6.07, 6.45) is 6.96. The van der Waals surface area contributed by atoms with Gasteiger partial charge in [-0.25, -0.2) is 9.97 Å². The molecule has 2 rings (SSSR count). The lowest BCUT2D eigenvalue weighted by Crippen LogP contribution is -2.20. The first-order valence-electron chi connectivity index (χ1n) is 5.29. The van der Waals surface area contributed by atoms with Gasteiger partial charge in [0.1, 0.15) is 0 Å². The molecule has 1 aliphatic rings. The van der Waals surface area contributed by atoms with Crippen molar-refractivity contribution in [3.63, 3.8) is 0 Å². The smallest absolute Gasteiger partial charge is 0.222 e. The van der Waals surface area contributed by atoms with Crippen LogP contribution < -0.4 is 10.6 Å². The molecular weight excluding hydrogens is 212 g/mol. The van der Waals surface area contributed by atoms with Crippen LogP contribution in [-0.2, 0) is 0 Å². The molecule has 0 spiro atoms. The third-order valence-corrected chi connectivity index (χ3v) is 2.46. The first-order chi connectivity index (χ1) is 7.34. The minimum atomic E-state index is 0.566. The second-order valence-electron chi connectivity index (χ2n) is 3.73. The van der Waals surface area contributed by atoms with Crippen LogP contribution in [0.25, 0.3) is 0 Å². The van der Waals surface area contributed by atoms with Crippen molar-refractivity contribution in [1.29, 1.82) is 0 Å². The van der Waals surface area contributed by atoms with Crippen LogP contribution in [0.2, 0.25) is 5.02 Å². The Balaban J connectivity index is 1.58. The molecule has 0 atom stereocenters. The second-order valence-corrected chi connectivity index (χ2v) is 4.17. The van der Waals surface area contributed by atoms with Crippen LogP contribution in [0.15, 0.2) is 12.4 Å². The van der Waals surface area contributed by atoms with Crippen LogP contribution in [0.4, 0.5) is 5.95 Å². The maximum atomic E-state index is 5.67. The van der Waals surface area contributed by atoms with E-state index in [1.165, 1.54) is 12.8 Å². The standard InChI is InChI=1S/C10H15ClN4/c11-8-6-14-10(15-7-8)13-5-1-4-12-9-2-3-9/h6-7,9,12H,1-5H2,(H,13,14,15). The molecule has 82 valence electrons. The third-order valence-electron chi connectivity index (χ3n) is 2.27. The average Bonchev–Trinajstić information content (AvgIpc) is 3.04. The molecule has 2 N–H and O–H groups in total. The molecule has 1 heterocycles. The molecular formula is C10H15ClN4. The Morgan fingerprint density at radius 2 is 2.00 bits per heavy atom. The van der Waals surface area contributed by atoms with E-state index in [2.05, 4.69) is 20.6 Å². The number of anilines is 1. The van der Waals surface area contributed by atoms with Crippen LogP contribution in [0.3, 0.4) is 0 Å². The summed E-state index contributed by atoms with van der Waals surface area (Å²) in [5, 5.41) is 7.16. The molecule has 1 aliphatic carbocycles. The molecule has 1 aromatic rings. The molecule has 0 saturated heterocycles. The van der Waals surface area contributed by atoms with Crippen molar-refractivity contribution in [2.24, 2.45) is 0 Å². The van der Waals surface area contributed by atoms with Gasteiger partial charge in [-0.1, -0.05) is 11.6 Å². The van der Waals surface area contributed by atoms with E-state index in [4.69, 9.17) is 11.6 Å². The lowest BCUT2D eigenvalue weighted by Gasteiger charge is -2.04. The van der Waals surface area contributed by atoms with Gasteiger partial charge in [-0.2, -0.15) is 0 Å². The fourth-order valence-corrected chi connectivity index (χ4v) is 1.38. The summed E-state index contributed by atoms with van der Waals surface area (Å²) in [5.41, 5.74) is 0. The predicted octanol–water partition coefficient (Wildman–Crippen LogP) is 1.68. The molecule has 0 bridgehead atoms. The van der Waals surface area contributed by atoms with Gasteiger partial charge < -0.3 is 10.6 Å². The number of hydrogen-bond acceptors (Lipinski definition) is 4. The Bertz CT molecular complexity index is 297. The van der Waals surface area contributed by atoms with Gasteiger partial charge >= 0.3 is 0 Å². The maximum absolute atomic E-state index is 5.67. The van der Waals surface area contributed by atoms with E-state index in [1.54, 1.807) is 12.4 Å². The molecule has 5 heteroatoms. The SMILES string of the molecule is Clc1cnc(NCCCNC2CC2)nc1. The minimum Gasteiger partial charge on any atom is -0.354 e. The highest BCUT2D eigenvalue weighted by molar-refractivity contribution is 6.30. The van der Waals surface area contributed by atoms with E-state index in [0.717, 1.165) is 25.6 Å². The fourth-order valence-electron chi connectivity index (χ4n) is 1.29. The van der Waals surface area contributed by atoms with Crippen LogP contribution in [-0.4, -0.2) is 29.1 Å². The number of hydrogen-bond donors (Lipinski definition) is 2. The largest absolute Gasteiger partial charge is 0.354 e. The monoisotopic (exact) mass is 226 g/mol. The van der Waals surface area contributed by atoms with Gasteiger partial charge in [0.2, 0.25) is 5.95 Å². The van der Waals surface area contributed by atoms with Gasteiger partial charge in [-0.3, -0.25) is 0 Å². The topological polar surface area (TPSA) is 49.8 Å². The van der Waals surface area contributed by atoms with Crippen molar-refractivity contribution < 1.29 is 0 Å². The van der Waals surface area contributed by atoms with Gasteiger partial charge in [0.25, 0.3) is 0 Å². The maximum Gasteiger partial charge on any atom is 0.222 e. The molecule has 0 unspecified atom stereocenters. The first-order valence-corrected chi connectivity index (χ1v) is 5.67. The first kappa shape index (κ1) is 10.6. The minimum absolute atomic E-state index is 0.566. The predicted molar refractivity (Wildman–Crippen MR) is 61.2 cm³/mol. The van der Waals surface area contributed by atoms with Gasteiger partial charge in [0.05, 0.1) is 17.4 Å². The summed E-state index contributed by atoms with van der Waals surface area (Å²) in [6.45, 7) is 1.95. The van der Waals surface area contributed by atoms with E-state index in [-0.39, 0.29) is 0 Å². The number of nitrogens with zero attached hydrogens (tertiary/aromatic N) is 2. The van der Waals surface area contributed by atoms with E-state index in [1.807, 2.05) is 0 Å². The lowest BCUT2D eigenvalue weighted by atomic mass is 10.4. The summed E-state index contributed by atoms with van der Waals surface area (Å²) < 4.78 is 0. The van der Waals surface area contributed by atoms with Crippen LogP contribution in [0.1, 0.15) is 19.3 Å². The fraction of sp³-hybridized carbons (Fsp3) is 0.600. The summed E-state index contributed by atoms with van der Waals surface area (Å²) in [7, 11) is 0. The van der Waals surface area contributed by atoms with Crippen molar-refractivity contribution >= 4 is 17.5 Å². The highest BCUT2D eigenvalue weighted by Crippen LogP contribution is 2.18. The number of rotatable bonds is 6. The highest BCUT2D eigenvalue weighted by Gasteiger charge is 2.19. The highest BCUT2D eigenvalue weighted by atomic mass is 35.5. The number of halogens is 1. The molecule has 4 nitrogen and oxygen atoms in total. The Morgan fingerprint density at radius 1 is 1.27 bits per heavy atom. The molecule has 1 saturated carbocycles. The second kappa shape index (κ2) is 5.28. The Morgan fingerprint density at radius 3 is 2.67 bits per heavy atom. The van der Waals surface area contributed by atoms with Gasteiger partial charge in [-0.05, 0) is 25.8 Å². The molecule has 1 aromatic heterocycles. The zero-order valence-electron chi connectivity index (χ0n) is 8.54. The van der Waals surface area contributed by atoms with Crippen molar-refractivity contribution in [3.05, 3.63) is 17.4 Å². The molecule has 1 fully saturated rings. The normalized spacial score (nSPS) is 15.3. The van der Waals surface area contributed by atoms with E-state index < -0.39 is 0 Å². The molecule has 0 radical (unpaired) electrons. The third kappa shape index (κ3) is 4.01. The zero-order chi connectivity index (χ0) is 10.5. The van der Waals surface area contributed by atoms with Gasteiger partial charge in [-0.15, -0.1) is 0 Å². The Kier molecular flexibility index (Phi) is 3.75. The number of aromatic nitrogens is 2. The van der Waals surface area contributed by atoms with E-state index >= 15 is 0 Å². The van der Waals surface area contributed by atoms with Crippen molar-refractivity contribution in [2.45, 2.75) is 25.3 Å². The summed E-state index contributed by atoms with van der Waals surface area (Å²) in [5.74, 6) is 0.644. The zero-order valence-corrected chi connectivity index (χ0v) is 9.30. The molecule has 0 aromatic carbocycles. The van der Waals surface area contributed by atoms with Crippen LogP contribution in [0, 0.1) is 0 Å². The number of nitrogens with one attached hydrogen (secondary N) is 2. The average molecular weight is 227 g/mol. The van der Waals surface area contributed by atoms with Gasteiger partial charge in [0, 0.05) is 12.6 Å². The summed E-state index contributed by atoms with van der Waals surface area (Å²) in [6, 6.07) is 0.789. The summed E-state index contributed by atoms with van der Waals surface area (Å²) in [4.78, 5) is 8.10. The Hall–Kier alpha value is -0.870. The van der Waals surface area contributed by atoms with Crippen molar-refractivity contribution in [3.8, 4) is 0 Å². The molecule has 0 amide bonds. The molecule has 15 heavy (non-hydrogen) atoms. The Labute approximate surface area is 94.5 Å².